The SMILES string of the molecule is CC.CCN(/C=C/NC(=O)CCNC1(c2ccc(C)c(Cl)c2)CC1)c1ccc(C#N)cn1. The third-order valence-electron chi connectivity index (χ3n) is 5.30. The Bertz CT molecular complexity index is 961. The van der Waals surface area contributed by atoms with E-state index in [4.69, 9.17) is 16.9 Å². The number of carbonyl (C=O) groups excluding carboxylic acids is 1. The molecule has 1 heterocycles. The van der Waals surface area contributed by atoms with Gasteiger partial charge in [-0.2, -0.15) is 5.26 Å². The third-order valence-corrected chi connectivity index (χ3v) is 5.71. The van der Waals surface area contributed by atoms with Crippen LogP contribution in [0.5, 0.6) is 0 Å². The molecular formula is C25H32ClN5O. The Labute approximate surface area is 196 Å². The van der Waals surface area contributed by atoms with Crippen molar-refractivity contribution in [3.05, 3.63) is 70.6 Å². The number of benzene rings is 1. The van der Waals surface area contributed by atoms with Crippen LogP contribution in [0.2, 0.25) is 5.02 Å². The number of hydrogen-bond donors (Lipinski definition) is 2. The van der Waals surface area contributed by atoms with Gasteiger partial charge in [0.25, 0.3) is 0 Å². The summed E-state index contributed by atoms with van der Waals surface area (Å²) in [6, 6.07) is 11.7. The fraction of sp³-hybridized carbons (Fsp3) is 0.400. The Morgan fingerprint density at radius 1 is 1.31 bits per heavy atom. The second-order valence-electron chi connectivity index (χ2n) is 7.41. The Hall–Kier alpha value is -2.88. The molecule has 1 aliphatic carbocycles. The molecule has 170 valence electrons. The van der Waals surface area contributed by atoms with E-state index < -0.39 is 0 Å². The zero-order valence-corrected chi connectivity index (χ0v) is 20.0. The average Bonchev–Trinajstić information content (AvgIpc) is 3.61. The van der Waals surface area contributed by atoms with Gasteiger partial charge in [0.05, 0.1) is 5.56 Å². The van der Waals surface area contributed by atoms with Gasteiger partial charge in [0.2, 0.25) is 5.91 Å². The lowest BCUT2D eigenvalue weighted by atomic mass is 10.0. The summed E-state index contributed by atoms with van der Waals surface area (Å²) in [4.78, 5) is 18.3. The largest absolute Gasteiger partial charge is 0.332 e. The maximum Gasteiger partial charge on any atom is 0.225 e. The summed E-state index contributed by atoms with van der Waals surface area (Å²) < 4.78 is 0. The second kappa shape index (κ2) is 12.2. The van der Waals surface area contributed by atoms with Crippen molar-refractivity contribution in [2.75, 3.05) is 18.0 Å². The number of hydrogen-bond acceptors (Lipinski definition) is 5. The van der Waals surface area contributed by atoms with Gasteiger partial charge in [-0.05, 0) is 56.0 Å². The van der Waals surface area contributed by atoms with Crippen LogP contribution in [0.3, 0.4) is 0 Å². The maximum atomic E-state index is 12.2. The van der Waals surface area contributed by atoms with Crippen molar-refractivity contribution in [2.24, 2.45) is 0 Å². The van der Waals surface area contributed by atoms with Crippen LogP contribution in [0.25, 0.3) is 0 Å². The summed E-state index contributed by atoms with van der Waals surface area (Å²) >= 11 is 6.26. The Morgan fingerprint density at radius 2 is 2.06 bits per heavy atom. The highest BCUT2D eigenvalue weighted by Gasteiger charge is 2.43. The molecule has 1 saturated carbocycles. The summed E-state index contributed by atoms with van der Waals surface area (Å²) in [6.07, 6.45) is 7.42. The van der Waals surface area contributed by atoms with E-state index >= 15 is 0 Å². The molecule has 7 heteroatoms. The zero-order chi connectivity index (χ0) is 23.6. The van der Waals surface area contributed by atoms with Crippen molar-refractivity contribution >= 4 is 23.3 Å². The van der Waals surface area contributed by atoms with Gasteiger partial charge >= 0.3 is 0 Å². The molecule has 2 N–H and O–H groups in total. The Morgan fingerprint density at radius 3 is 2.62 bits per heavy atom. The number of pyridine rings is 1. The lowest BCUT2D eigenvalue weighted by molar-refractivity contribution is -0.120. The van der Waals surface area contributed by atoms with E-state index in [1.165, 1.54) is 11.8 Å². The van der Waals surface area contributed by atoms with E-state index in [1.807, 2.05) is 44.7 Å². The normalized spacial score (nSPS) is 13.6. The fourth-order valence-corrected chi connectivity index (χ4v) is 3.44. The molecule has 32 heavy (non-hydrogen) atoms. The number of halogens is 1. The van der Waals surface area contributed by atoms with Crippen molar-refractivity contribution < 1.29 is 4.79 Å². The molecule has 1 fully saturated rings. The molecule has 3 rings (SSSR count). The number of amides is 1. The van der Waals surface area contributed by atoms with Crippen molar-refractivity contribution in [1.82, 2.24) is 15.6 Å². The lowest BCUT2D eigenvalue weighted by Crippen LogP contribution is -2.32. The first-order valence-electron chi connectivity index (χ1n) is 11.1. The summed E-state index contributed by atoms with van der Waals surface area (Å²) in [7, 11) is 0. The molecule has 1 aromatic carbocycles. The zero-order valence-electron chi connectivity index (χ0n) is 19.3. The molecule has 0 saturated heterocycles. The Kier molecular flexibility index (Phi) is 9.70. The molecule has 0 spiro atoms. The van der Waals surface area contributed by atoms with Crippen LogP contribution < -0.4 is 15.5 Å². The van der Waals surface area contributed by atoms with E-state index in [0.717, 1.165) is 29.2 Å². The molecule has 0 atom stereocenters. The van der Waals surface area contributed by atoms with Crippen LogP contribution in [0.4, 0.5) is 5.82 Å². The molecular weight excluding hydrogens is 422 g/mol. The van der Waals surface area contributed by atoms with Crippen molar-refractivity contribution in [3.63, 3.8) is 0 Å². The second-order valence-corrected chi connectivity index (χ2v) is 7.82. The highest BCUT2D eigenvalue weighted by Crippen LogP contribution is 2.46. The van der Waals surface area contributed by atoms with Gasteiger partial charge in [-0.1, -0.05) is 37.6 Å². The van der Waals surface area contributed by atoms with Gasteiger partial charge in [-0.25, -0.2) is 4.98 Å². The summed E-state index contributed by atoms with van der Waals surface area (Å²) in [5.74, 6) is 0.663. The molecule has 0 bridgehead atoms. The third kappa shape index (κ3) is 6.81. The van der Waals surface area contributed by atoms with Gasteiger partial charge in [-0.3, -0.25) is 4.79 Å². The molecule has 0 aliphatic heterocycles. The topological polar surface area (TPSA) is 81.0 Å². The molecule has 0 unspecified atom stereocenters. The highest BCUT2D eigenvalue weighted by molar-refractivity contribution is 6.31. The predicted octanol–water partition coefficient (Wildman–Crippen LogP) is 5.02. The quantitative estimate of drug-likeness (QED) is 0.556. The average molecular weight is 454 g/mol. The van der Waals surface area contributed by atoms with E-state index in [0.29, 0.717) is 25.1 Å². The van der Waals surface area contributed by atoms with Gasteiger partial charge in [0, 0.05) is 48.7 Å². The maximum absolute atomic E-state index is 12.2. The number of anilines is 1. The van der Waals surface area contributed by atoms with Crippen LogP contribution in [-0.2, 0) is 10.3 Å². The number of nitrogens with zero attached hydrogens (tertiary/aromatic N) is 3. The molecule has 1 amide bonds. The van der Waals surface area contributed by atoms with E-state index in [9.17, 15) is 4.79 Å². The number of rotatable bonds is 9. The van der Waals surface area contributed by atoms with Crippen LogP contribution in [0.1, 0.15) is 56.7 Å². The van der Waals surface area contributed by atoms with Crippen LogP contribution in [0.15, 0.2) is 48.9 Å². The molecule has 2 aromatic rings. The molecule has 1 aromatic heterocycles. The van der Waals surface area contributed by atoms with Crippen molar-refractivity contribution in [2.45, 2.75) is 52.5 Å². The van der Waals surface area contributed by atoms with E-state index in [1.54, 1.807) is 24.5 Å². The first-order valence-corrected chi connectivity index (χ1v) is 11.5. The van der Waals surface area contributed by atoms with E-state index in [2.05, 4.69) is 27.8 Å². The first kappa shape index (κ1) is 25.4. The minimum atomic E-state index is -0.0553. The van der Waals surface area contributed by atoms with E-state index in [-0.39, 0.29) is 11.4 Å². The van der Waals surface area contributed by atoms with Crippen LogP contribution in [0, 0.1) is 18.3 Å². The summed E-state index contributed by atoms with van der Waals surface area (Å²) in [5, 5.41) is 16.0. The molecule has 0 radical (unpaired) electrons. The van der Waals surface area contributed by atoms with Gasteiger partial charge in [0.15, 0.2) is 0 Å². The standard InChI is InChI=1S/C23H26ClN5O.C2H6/c1-3-29(21-7-5-18(15-25)16-27-21)13-12-26-22(30)8-11-28-23(9-10-23)19-6-4-17(2)20(24)14-19;1-2/h4-7,12-14,16,28H,3,8-11H2,1-2H3,(H,26,30);1-2H3/b13-12+;. The summed E-state index contributed by atoms with van der Waals surface area (Å²) in [5.41, 5.74) is 2.72. The van der Waals surface area contributed by atoms with Gasteiger partial charge in [0.1, 0.15) is 11.9 Å². The smallest absolute Gasteiger partial charge is 0.225 e. The first-order chi connectivity index (χ1) is 15.5. The minimum Gasteiger partial charge on any atom is -0.332 e. The number of nitriles is 1. The number of aryl methyl sites for hydroxylation is 1. The van der Waals surface area contributed by atoms with Gasteiger partial charge < -0.3 is 15.5 Å². The minimum absolute atomic E-state index is 0.0479. The predicted molar refractivity (Wildman–Crippen MR) is 130 cm³/mol. The number of nitrogens with one attached hydrogen (secondary N) is 2. The van der Waals surface area contributed by atoms with Crippen molar-refractivity contribution in [1.29, 1.82) is 5.26 Å². The fourth-order valence-electron chi connectivity index (χ4n) is 3.26. The number of aromatic nitrogens is 1. The monoisotopic (exact) mass is 453 g/mol. The van der Waals surface area contributed by atoms with Crippen LogP contribution in [-0.4, -0.2) is 24.0 Å². The van der Waals surface area contributed by atoms with Gasteiger partial charge in [-0.15, -0.1) is 0 Å². The van der Waals surface area contributed by atoms with Crippen LogP contribution >= 0.6 is 11.6 Å². The van der Waals surface area contributed by atoms with Crippen molar-refractivity contribution in [3.8, 4) is 6.07 Å². The lowest BCUT2D eigenvalue weighted by Gasteiger charge is -2.19. The highest BCUT2D eigenvalue weighted by atomic mass is 35.5. The molecule has 1 aliphatic rings. The molecule has 6 nitrogen and oxygen atoms in total. The number of carbonyl (C=O) groups is 1. The summed E-state index contributed by atoms with van der Waals surface area (Å²) in [6.45, 7) is 9.27. The Balaban J connectivity index is 0.00000176.